The molecule has 1 rings (SSSR count). The molecule has 1 N–H and O–H groups in total. The zero-order valence-electron chi connectivity index (χ0n) is 12.7. The summed E-state index contributed by atoms with van der Waals surface area (Å²) in [6.07, 6.45) is 0.893. The van der Waals surface area contributed by atoms with Gasteiger partial charge in [-0.3, -0.25) is 0 Å². The zero-order valence-corrected chi connectivity index (χ0v) is 12.7. The molecule has 0 heterocycles. The van der Waals surface area contributed by atoms with E-state index in [1.165, 1.54) is 0 Å². The number of methoxy groups -OCH3 is 3. The van der Waals surface area contributed by atoms with Gasteiger partial charge in [0.05, 0.1) is 25.9 Å². The number of likely N-dealkylation sites (N-methyl/N-ethyl adjacent to an activating group) is 1. The van der Waals surface area contributed by atoms with Gasteiger partial charge in [-0.15, -0.1) is 0 Å². The number of benzene rings is 1. The van der Waals surface area contributed by atoms with E-state index in [0.29, 0.717) is 0 Å². The number of hydrogen-bond donors (Lipinski definition) is 1. The second-order valence-electron chi connectivity index (χ2n) is 4.70. The average Bonchev–Trinajstić information content (AvgIpc) is 2.47. The first kappa shape index (κ1) is 15.8. The third-order valence-electron chi connectivity index (χ3n) is 3.82. The van der Waals surface area contributed by atoms with Crippen LogP contribution in [-0.4, -0.2) is 34.0 Å². The summed E-state index contributed by atoms with van der Waals surface area (Å²) in [5.74, 6) is 1.58. The normalized spacial score (nSPS) is 15.7. The molecule has 0 aromatic heterocycles. The Morgan fingerprint density at radius 3 is 2.32 bits per heavy atom. The van der Waals surface area contributed by atoms with Crippen molar-refractivity contribution in [2.24, 2.45) is 0 Å². The standard InChI is InChI=1S/C15H25NO3/c1-7-15(2,19-6)14(16-3)12-9-8-11(17-4)10-13(12)18-5/h8-10,14,16H,7H2,1-6H3. The second kappa shape index (κ2) is 6.78. The van der Waals surface area contributed by atoms with Gasteiger partial charge in [0, 0.05) is 18.7 Å². The third-order valence-corrected chi connectivity index (χ3v) is 3.82. The summed E-state index contributed by atoms with van der Waals surface area (Å²) in [4.78, 5) is 0. The van der Waals surface area contributed by atoms with Gasteiger partial charge in [0.15, 0.2) is 0 Å². The Morgan fingerprint density at radius 1 is 1.21 bits per heavy atom. The van der Waals surface area contributed by atoms with Gasteiger partial charge < -0.3 is 19.5 Å². The second-order valence-corrected chi connectivity index (χ2v) is 4.70. The van der Waals surface area contributed by atoms with Crippen molar-refractivity contribution in [2.75, 3.05) is 28.4 Å². The summed E-state index contributed by atoms with van der Waals surface area (Å²) < 4.78 is 16.4. The molecule has 1 aromatic rings. The minimum absolute atomic E-state index is 0.0448. The average molecular weight is 267 g/mol. The van der Waals surface area contributed by atoms with Gasteiger partial charge in [-0.25, -0.2) is 0 Å². The Morgan fingerprint density at radius 2 is 1.89 bits per heavy atom. The van der Waals surface area contributed by atoms with Crippen LogP contribution in [-0.2, 0) is 4.74 Å². The highest BCUT2D eigenvalue weighted by molar-refractivity contribution is 5.43. The fraction of sp³-hybridized carbons (Fsp3) is 0.600. The predicted octanol–water partition coefficient (Wildman–Crippen LogP) is 2.78. The van der Waals surface area contributed by atoms with Crippen LogP contribution >= 0.6 is 0 Å². The highest BCUT2D eigenvalue weighted by Crippen LogP contribution is 2.37. The van der Waals surface area contributed by atoms with Crippen LogP contribution < -0.4 is 14.8 Å². The van der Waals surface area contributed by atoms with Gasteiger partial charge in [-0.2, -0.15) is 0 Å². The molecule has 0 bridgehead atoms. The molecule has 19 heavy (non-hydrogen) atoms. The Balaban J connectivity index is 3.25. The van der Waals surface area contributed by atoms with E-state index in [9.17, 15) is 0 Å². The van der Waals surface area contributed by atoms with Crippen LogP contribution in [0.25, 0.3) is 0 Å². The van der Waals surface area contributed by atoms with Crippen LogP contribution in [0.4, 0.5) is 0 Å². The van der Waals surface area contributed by atoms with E-state index in [2.05, 4.69) is 19.2 Å². The number of ether oxygens (including phenoxy) is 3. The van der Waals surface area contributed by atoms with E-state index in [-0.39, 0.29) is 11.6 Å². The highest BCUT2D eigenvalue weighted by atomic mass is 16.5. The molecule has 0 fully saturated rings. The molecule has 2 unspecified atom stereocenters. The first-order valence-corrected chi connectivity index (χ1v) is 6.50. The zero-order chi connectivity index (χ0) is 14.5. The molecule has 108 valence electrons. The van der Waals surface area contributed by atoms with Crippen molar-refractivity contribution in [3.63, 3.8) is 0 Å². The molecule has 0 aliphatic heterocycles. The van der Waals surface area contributed by atoms with Crippen LogP contribution in [0.15, 0.2) is 18.2 Å². The van der Waals surface area contributed by atoms with Gasteiger partial charge in [0.25, 0.3) is 0 Å². The van der Waals surface area contributed by atoms with Crippen molar-refractivity contribution in [2.45, 2.75) is 31.9 Å². The molecule has 0 aliphatic carbocycles. The van der Waals surface area contributed by atoms with Crippen molar-refractivity contribution < 1.29 is 14.2 Å². The van der Waals surface area contributed by atoms with Gasteiger partial charge in [-0.05, 0) is 32.5 Å². The van der Waals surface area contributed by atoms with E-state index >= 15 is 0 Å². The summed E-state index contributed by atoms with van der Waals surface area (Å²) in [6.45, 7) is 4.21. The molecule has 0 saturated heterocycles. The van der Waals surface area contributed by atoms with E-state index in [0.717, 1.165) is 23.5 Å². The van der Waals surface area contributed by atoms with Crippen molar-refractivity contribution >= 4 is 0 Å². The van der Waals surface area contributed by atoms with Gasteiger partial charge in [-0.1, -0.05) is 6.92 Å². The Kier molecular flexibility index (Phi) is 5.63. The quantitative estimate of drug-likeness (QED) is 0.824. The number of rotatable bonds is 7. The first-order valence-electron chi connectivity index (χ1n) is 6.50. The molecule has 0 radical (unpaired) electrons. The summed E-state index contributed by atoms with van der Waals surface area (Å²) >= 11 is 0. The predicted molar refractivity (Wildman–Crippen MR) is 77.1 cm³/mol. The molecule has 1 aromatic carbocycles. The lowest BCUT2D eigenvalue weighted by Gasteiger charge is -2.36. The van der Waals surface area contributed by atoms with Crippen LogP contribution in [0.1, 0.15) is 31.9 Å². The monoisotopic (exact) mass is 267 g/mol. The van der Waals surface area contributed by atoms with Crippen molar-refractivity contribution in [3.8, 4) is 11.5 Å². The minimum Gasteiger partial charge on any atom is -0.497 e. The maximum Gasteiger partial charge on any atom is 0.127 e. The van der Waals surface area contributed by atoms with Gasteiger partial charge in [0.1, 0.15) is 11.5 Å². The lowest BCUT2D eigenvalue weighted by atomic mass is 9.87. The molecule has 0 aliphatic rings. The Hall–Kier alpha value is -1.26. The summed E-state index contributed by atoms with van der Waals surface area (Å²) in [5, 5.41) is 3.33. The lowest BCUT2D eigenvalue weighted by Crippen LogP contribution is -2.41. The van der Waals surface area contributed by atoms with Gasteiger partial charge in [0.2, 0.25) is 0 Å². The van der Waals surface area contributed by atoms with Crippen molar-refractivity contribution in [3.05, 3.63) is 23.8 Å². The largest absolute Gasteiger partial charge is 0.497 e. The fourth-order valence-corrected chi connectivity index (χ4v) is 2.31. The third kappa shape index (κ3) is 3.19. The summed E-state index contributed by atoms with van der Waals surface area (Å²) in [7, 11) is 6.99. The van der Waals surface area contributed by atoms with E-state index in [1.54, 1.807) is 21.3 Å². The first-order chi connectivity index (χ1) is 9.06. The van der Waals surface area contributed by atoms with Crippen molar-refractivity contribution in [1.29, 1.82) is 0 Å². The lowest BCUT2D eigenvalue weighted by molar-refractivity contribution is -0.0285. The fourth-order valence-electron chi connectivity index (χ4n) is 2.31. The molecule has 0 amide bonds. The minimum atomic E-state index is -0.295. The molecule has 4 nitrogen and oxygen atoms in total. The van der Waals surface area contributed by atoms with Crippen LogP contribution in [0, 0.1) is 0 Å². The van der Waals surface area contributed by atoms with Crippen LogP contribution in [0.5, 0.6) is 11.5 Å². The molecule has 4 heteroatoms. The Labute approximate surface area is 116 Å². The summed E-state index contributed by atoms with van der Waals surface area (Å²) in [5.41, 5.74) is 0.772. The molecule has 0 saturated carbocycles. The number of nitrogens with one attached hydrogen (secondary N) is 1. The highest BCUT2D eigenvalue weighted by Gasteiger charge is 2.34. The SMILES string of the molecule is CCC(C)(OC)C(NC)c1ccc(OC)cc1OC. The van der Waals surface area contributed by atoms with Crippen molar-refractivity contribution in [1.82, 2.24) is 5.32 Å². The molecule has 2 atom stereocenters. The molecular formula is C15H25NO3. The maximum absolute atomic E-state index is 5.70. The van der Waals surface area contributed by atoms with Crippen LogP contribution in [0.2, 0.25) is 0 Å². The number of hydrogen-bond acceptors (Lipinski definition) is 4. The summed E-state index contributed by atoms with van der Waals surface area (Å²) in [6, 6.07) is 5.90. The van der Waals surface area contributed by atoms with E-state index < -0.39 is 0 Å². The molecular weight excluding hydrogens is 242 g/mol. The topological polar surface area (TPSA) is 39.7 Å². The van der Waals surface area contributed by atoms with E-state index in [1.807, 2.05) is 25.2 Å². The molecule has 0 spiro atoms. The van der Waals surface area contributed by atoms with Gasteiger partial charge >= 0.3 is 0 Å². The maximum atomic E-state index is 5.70. The Bertz CT molecular complexity index is 402. The van der Waals surface area contributed by atoms with Crippen LogP contribution in [0.3, 0.4) is 0 Å². The van der Waals surface area contributed by atoms with E-state index in [4.69, 9.17) is 14.2 Å². The smallest absolute Gasteiger partial charge is 0.127 e.